The average Bonchev–Trinajstić information content (AvgIpc) is 2.73. The maximum absolute atomic E-state index is 12.7. The lowest BCUT2D eigenvalue weighted by Gasteiger charge is -2.11. The molecule has 2 N–H and O–H groups in total. The van der Waals surface area contributed by atoms with Crippen LogP contribution < -0.4 is 10.6 Å². The summed E-state index contributed by atoms with van der Waals surface area (Å²) < 4.78 is 0. The molecule has 0 aliphatic heterocycles. The van der Waals surface area contributed by atoms with E-state index in [1.54, 1.807) is 30.9 Å². The van der Waals surface area contributed by atoms with Gasteiger partial charge in [0.25, 0.3) is 5.91 Å². The van der Waals surface area contributed by atoms with E-state index >= 15 is 0 Å². The summed E-state index contributed by atoms with van der Waals surface area (Å²) in [5, 5.41) is 8.12. The number of nitrogens with zero attached hydrogens (tertiary/aromatic N) is 3. The zero-order valence-corrected chi connectivity index (χ0v) is 14.5. The zero-order chi connectivity index (χ0) is 18.5. The monoisotopic (exact) mass is 355 g/mol. The number of hydrogen-bond acceptors (Lipinski definition) is 5. The minimum absolute atomic E-state index is 0.310. The Balaban J connectivity index is 1.52. The Morgan fingerprint density at radius 3 is 2.56 bits per heavy atom. The van der Waals surface area contributed by atoms with E-state index in [1.165, 1.54) is 0 Å². The summed E-state index contributed by atoms with van der Waals surface area (Å²) >= 11 is 0. The van der Waals surface area contributed by atoms with Crippen LogP contribution in [0, 0.1) is 0 Å². The molecular weight excluding hydrogens is 338 g/mol. The average molecular weight is 355 g/mol. The van der Waals surface area contributed by atoms with Gasteiger partial charge in [0.2, 0.25) is 0 Å². The fourth-order valence-corrected chi connectivity index (χ4v) is 2.75. The van der Waals surface area contributed by atoms with Crippen LogP contribution in [0.2, 0.25) is 0 Å². The van der Waals surface area contributed by atoms with E-state index in [-0.39, 0.29) is 5.91 Å². The summed E-state index contributed by atoms with van der Waals surface area (Å²) in [7, 11) is 0. The van der Waals surface area contributed by atoms with E-state index in [1.807, 2.05) is 48.5 Å². The molecule has 3 aromatic heterocycles. The summed E-state index contributed by atoms with van der Waals surface area (Å²) in [6.07, 6.45) is 6.81. The standard InChI is InChI=1S/C21H17N5O/c27-21(26-19-12-16-4-1-2-5-17(16)14-25-19)20-18(6-3-9-23-20)24-13-15-7-10-22-11-8-15/h1-12,14,24H,13H2,(H,25,26,27). The van der Waals surface area contributed by atoms with E-state index in [0.29, 0.717) is 23.7 Å². The highest BCUT2D eigenvalue weighted by Gasteiger charge is 2.13. The second-order valence-corrected chi connectivity index (χ2v) is 5.98. The molecule has 0 fully saturated rings. The molecule has 0 saturated carbocycles. The number of benzene rings is 1. The molecule has 0 radical (unpaired) electrons. The van der Waals surface area contributed by atoms with Crippen LogP contribution in [0.25, 0.3) is 10.8 Å². The Bertz CT molecular complexity index is 1080. The van der Waals surface area contributed by atoms with Crippen molar-refractivity contribution in [1.29, 1.82) is 0 Å². The number of aromatic nitrogens is 3. The molecule has 6 nitrogen and oxygen atoms in total. The van der Waals surface area contributed by atoms with E-state index in [0.717, 1.165) is 16.3 Å². The molecule has 0 aliphatic rings. The molecule has 1 amide bonds. The lowest BCUT2D eigenvalue weighted by Crippen LogP contribution is -2.17. The van der Waals surface area contributed by atoms with Crippen molar-refractivity contribution in [2.24, 2.45) is 0 Å². The van der Waals surface area contributed by atoms with Crippen LogP contribution in [0.5, 0.6) is 0 Å². The molecule has 0 unspecified atom stereocenters. The highest BCUT2D eigenvalue weighted by atomic mass is 16.2. The molecular formula is C21H17N5O. The number of carbonyl (C=O) groups excluding carboxylic acids is 1. The largest absolute Gasteiger partial charge is 0.379 e. The van der Waals surface area contributed by atoms with Gasteiger partial charge in [0, 0.05) is 36.7 Å². The van der Waals surface area contributed by atoms with E-state index in [4.69, 9.17) is 0 Å². The van der Waals surface area contributed by atoms with Crippen LogP contribution in [-0.2, 0) is 6.54 Å². The molecule has 0 spiro atoms. The van der Waals surface area contributed by atoms with Gasteiger partial charge in [0.15, 0.2) is 5.69 Å². The molecule has 0 bridgehead atoms. The first-order valence-corrected chi connectivity index (χ1v) is 8.53. The van der Waals surface area contributed by atoms with Crippen LogP contribution in [0.15, 0.2) is 79.4 Å². The normalized spacial score (nSPS) is 10.5. The first kappa shape index (κ1) is 16.7. The number of fused-ring (bicyclic) bond motifs is 1. The molecule has 0 saturated heterocycles. The number of rotatable bonds is 5. The van der Waals surface area contributed by atoms with Gasteiger partial charge in [-0.3, -0.25) is 9.78 Å². The predicted octanol–water partition coefficient (Wildman–Crippen LogP) is 3.89. The molecule has 1 aromatic carbocycles. The van der Waals surface area contributed by atoms with Gasteiger partial charge in [-0.2, -0.15) is 0 Å². The van der Waals surface area contributed by atoms with Crippen molar-refractivity contribution in [3.8, 4) is 0 Å². The van der Waals surface area contributed by atoms with Crippen molar-refractivity contribution in [2.45, 2.75) is 6.54 Å². The second-order valence-electron chi connectivity index (χ2n) is 5.98. The highest BCUT2D eigenvalue weighted by Crippen LogP contribution is 2.18. The van der Waals surface area contributed by atoms with Crippen molar-refractivity contribution in [3.63, 3.8) is 0 Å². The number of hydrogen-bond donors (Lipinski definition) is 2. The summed E-state index contributed by atoms with van der Waals surface area (Å²) in [5.41, 5.74) is 2.05. The van der Waals surface area contributed by atoms with Gasteiger partial charge in [-0.25, -0.2) is 9.97 Å². The van der Waals surface area contributed by atoms with Gasteiger partial charge in [-0.15, -0.1) is 0 Å². The number of amides is 1. The van der Waals surface area contributed by atoms with Gasteiger partial charge in [0.1, 0.15) is 5.82 Å². The van der Waals surface area contributed by atoms with Crippen LogP contribution in [0.1, 0.15) is 16.1 Å². The Labute approximate surface area is 156 Å². The third kappa shape index (κ3) is 3.90. The summed E-state index contributed by atoms with van der Waals surface area (Å²) in [5.74, 6) is 0.181. The third-order valence-corrected chi connectivity index (χ3v) is 4.13. The van der Waals surface area contributed by atoms with Gasteiger partial charge in [0.05, 0.1) is 5.69 Å². The molecule has 0 atom stereocenters. The van der Waals surface area contributed by atoms with Gasteiger partial charge in [-0.1, -0.05) is 24.3 Å². The fraction of sp³-hybridized carbons (Fsp3) is 0.0476. The molecule has 27 heavy (non-hydrogen) atoms. The maximum atomic E-state index is 12.7. The Hall–Kier alpha value is -3.80. The third-order valence-electron chi connectivity index (χ3n) is 4.13. The van der Waals surface area contributed by atoms with Crippen LogP contribution in [-0.4, -0.2) is 20.9 Å². The lowest BCUT2D eigenvalue weighted by atomic mass is 10.2. The fourth-order valence-electron chi connectivity index (χ4n) is 2.75. The first-order valence-electron chi connectivity index (χ1n) is 8.53. The number of nitrogens with one attached hydrogen (secondary N) is 2. The number of pyridine rings is 3. The minimum Gasteiger partial charge on any atom is -0.379 e. The van der Waals surface area contributed by atoms with Gasteiger partial charge < -0.3 is 10.6 Å². The molecule has 4 rings (SSSR count). The maximum Gasteiger partial charge on any atom is 0.277 e. The molecule has 6 heteroatoms. The summed E-state index contributed by atoms with van der Waals surface area (Å²) in [6.45, 7) is 0.572. The minimum atomic E-state index is -0.310. The molecule has 4 aromatic rings. The van der Waals surface area contributed by atoms with Gasteiger partial charge in [-0.05, 0) is 41.3 Å². The van der Waals surface area contributed by atoms with Crippen molar-refractivity contribution in [1.82, 2.24) is 15.0 Å². The second kappa shape index (κ2) is 7.61. The van der Waals surface area contributed by atoms with Crippen molar-refractivity contribution in [2.75, 3.05) is 10.6 Å². The SMILES string of the molecule is O=C(Nc1cc2ccccc2cn1)c1ncccc1NCc1ccncc1. The Kier molecular flexibility index (Phi) is 4.70. The summed E-state index contributed by atoms with van der Waals surface area (Å²) in [6, 6.07) is 17.2. The first-order chi connectivity index (χ1) is 13.3. The highest BCUT2D eigenvalue weighted by molar-refractivity contribution is 6.06. The molecule has 0 aliphatic carbocycles. The van der Waals surface area contributed by atoms with Crippen molar-refractivity contribution in [3.05, 3.63) is 90.6 Å². The van der Waals surface area contributed by atoms with Crippen LogP contribution >= 0.6 is 0 Å². The number of anilines is 2. The van der Waals surface area contributed by atoms with E-state index < -0.39 is 0 Å². The summed E-state index contributed by atoms with van der Waals surface area (Å²) in [4.78, 5) is 25.3. The van der Waals surface area contributed by atoms with Crippen molar-refractivity contribution >= 4 is 28.2 Å². The molecule has 3 heterocycles. The Morgan fingerprint density at radius 2 is 1.70 bits per heavy atom. The van der Waals surface area contributed by atoms with Crippen LogP contribution in [0.4, 0.5) is 11.5 Å². The van der Waals surface area contributed by atoms with Crippen LogP contribution in [0.3, 0.4) is 0 Å². The van der Waals surface area contributed by atoms with Crippen molar-refractivity contribution < 1.29 is 4.79 Å². The lowest BCUT2D eigenvalue weighted by molar-refractivity contribution is 0.102. The number of carbonyl (C=O) groups is 1. The topological polar surface area (TPSA) is 79.8 Å². The smallest absolute Gasteiger partial charge is 0.277 e. The van der Waals surface area contributed by atoms with E-state index in [2.05, 4.69) is 25.6 Å². The Morgan fingerprint density at radius 1 is 0.889 bits per heavy atom. The zero-order valence-electron chi connectivity index (χ0n) is 14.5. The molecule has 132 valence electrons. The van der Waals surface area contributed by atoms with Gasteiger partial charge >= 0.3 is 0 Å². The quantitative estimate of drug-likeness (QED) is 0.568. The predicted molar refractivity (Wildman–Crippen MR) is 105 cm³/mol. The van der Waals surface area contributed by atoms with E-state index in [9.17, 15) is 4.79 Å².